The van der Waals surface area contributed by atoms with Crippen LogP contribution >= 0.6 is 0 Å². The number of amides is 1. The van der Waals surface area contributed by atoms with Crippen molar-refractivity contribution >= 4 is 5.91 Å². The van der Waals surface area contributed by atoms with Crippen molar-refractivity contribution in [1.82, 2.24) is 10.4 Å². The number of nitrogens with zero attached hydrogens (tertiary/aromatic N) is 1. The molecule has 0 spiro atoms. The fourth-order valence-corrected chi connectivity index (χ4v) is 2.23. The highest BCUT2D eigenvalue weighted by molar-refractivity contribution is 5.83. The van der Waals surface area contributed by atoms with Gasteiger partial charge in [-0.05, 0) is 25.8 Å². The lowest BCUT2D eigenvalue weighted by Gasteiger charge is -2.35. The normalized spacial score (nSPS) is 30.6. The van der Waals surface area contributed by atoms with Gasteiger partial charge in [0.1, 0.15) is 0 Å². The SMILES string of the molecule is O=C(N1CCCCO1)C1(C(F)(F)F)CCNC1. The molecule has 1 N–H and O–H groups in total. The van der Waals surface area contributed by atoms with E-state index in [-0.39, 0.29) is 26.1 Å². The number of alkyl halides is 3. The summed E-state index contributed by atoms with van der Waals surface area (Å²) >= 11 is 0. The van der Waals surface area contributed by atoms with Crippen LogP contribution in [0.5, 0.6) is 0 Å². The van der Waals surface area contributed by atoms with E-state index in [1.807, 2.05) is 0 Å². The molecule has 2 aliphatic heterocycles. The summed E-state index contributed by atoms with van der Waals surface area (Å²) in [4.78, 5) is 17.0. The van der Waals surface area contributed by atoms with Gasteiger partial charge in [0.2, 0.25) is 0 Å². The number of carbonyl (C=O) groups excluding carboxylic acids is 1. The molecule has 1 amide bonds. The van der Waals surface area contributed by atoms with Gasteiger partial charge >= 0.3 is 6.18 Å². The van der Waals surface area contributed by atoms with Crippen molar-refractivity contribution in [3.8, 4) is 0 Å². The summed E-state index contributed by atoms with van der Waals surface area (Å²) in [5.41, 5.74) is -2.30. The van der Waals surface area contributed by atoms with Gasteiger partial charge < -0.3 is 5.32 Å². The predicted octanol–water partition coefficient (Wildman–Crippen LogP) is 1.08. The van der Waals surface area contributed by atoms with Crippen LogP contribution in [0.1, 0.15) is 19.3 Å². The molecule has 2 aliphatic rings. The summed E-state index contributed by atoms with van der Waals surface area (Å²) in [6, 6.07) is 0. The average molecular weight is 252 g/mol. The maximum Gasteiger partial charge on any atom is 0.404 e. The first-order chi connectivity index (χ1) is 7.97. The highest BCUT2D eigenvalue weighted by Crippen LogP contribution is 2.44. The molecule has 1 unspecified atom stereocenters. The van der Waals surface area contributed by atoms with Crippen LogP contribution in [0, 0.1) is 5.41 Å². The van der Waals surface area contributed by atoms with Gasteiger partial charge in [-0.1, -0.05) is 0 Å². The van der Waals surface area contributed by atoms with Crippen LogP contribution in [0.4, 0.5) is 13.2 Å². The van der Waals surface area contributed by atoms with Gasteiger partial charge in [-0.2, -0.15) is 13.2 Å². The average Bonchev–Trinajstić information content (AvgIpc) is 2.79. The standard InChI is InChI=1S/C10H15F3N2O2/c11-10(12,13)9(3-4-14-7-9)8(16)15-5-1-2-6-17-15/h14H,1-7H2. The maximum atomic E-state index is 13.1. The third kappa shape index (κ3) is 2.13. The molecule has 0 bridgehead atoms. The van der Waals surface area contributed by atoms with Gasteiger partial charge in [0.15, 0.2) is 5.41 Å². The summed E-state index contributed by atoms with van der Waals surface area (Å²) in [6.45, 7) is 0.415. The van der Waals surface area contributed by atoms with Crippen molar-refractivity contribution in [3.05, 3.63) is 0 Å². The van der Waals surface area contributed by atoms with Gasteiger partial charge in [0, 0.05) is 13.1 Å². The smallest absolute Gasteiger partial charge is 0.315 e. The summed E-state index contributed by atoms with van der Waals surface area (Å²) in [5, 5.41) is 3.51. The molecule has 2 saturated heterocycles. The molecule has 2 heterocycles. The number of halogens is 3. The molecule has 7 heteroatoms. The minimum absolute atomic E-state index is 0.207. The monoisotopic (exact) mass is 252 g/mol. The maximum absolute atomic E-state index is 13.1. The van der Waals surface area contributed by atoms with Crippen molar-refractivity contribution in [1.29, 1.82) is 0 Å². The zero-order valence-electron chi connectivity index (χ0n) is 9.35. The van der Waals surface area contributed by atoms with Gasteiger partial charge in [-0.25, -0.2) is 5.06 Å². The second-order valence-electron chi connectivity index (χ2n) is 4.45. The van der Waals surface area contributed by atoms with E-state index in [4.69, 9.17) is 4.84 Å². The number of rotatable bonds is 1. The van der Waals surface area contributed by atoms with Crippen molar-refractivity contribution in [2.45, 2.75) is 25.4 Å². The zero-order valence-corrected chi connectivity index (χ0v) is 9.35. The first-order valence-corrected chi connectivity index (χ1v) is 5.70. The van der Waals surface area contributed by atoms with Crippen LogP contribution in [-0.2, 0) is 9.63 Å². The minimum atomic E-state index is -4.53. The number of hydroxylamine groups is 2. The lowest BCUT2D eigenvalue weighted by Crippen LogP contribution is -2.54. The van der Waals surface area contributed by atoms with Crippen LogP contribution < -0.4 is 5.32 Å². The Balaban J connectivity index is 2.18. The fraction of sp³-hybridized carbons (Fsp3) is 0.900. The molecule has 0 aromatic heterocycles. The number of carbonyl (C=O) groups is 1. The van der Waals surface area contributed by atoms with Gasteiger partial charge in [-0.15, -0.1) is 0 Å². The van der Waals surface area contributed by atoms with Crippen LogP contribution in [-0.4, -0.2) is 43.4 Å². The Hall–Kier alpha value is -0.820. The Morgan fingerprint density at radius 1 is 1.35 bits per heavy atom. The van der Waals surface area contributed by atoms with Crippen molar-refractivity contribution < 1.29 is 22.8 Å². The van der Waals surface area contributed by atoms with E-state index in [1.54, 1.807) is 0 Å². The van der Waals surface area contributed by atoms with E-state index in [2.05, 4.69) is 5.32 Å². The lowest BCUT2D eigenvalue weighted by molar-refractivity contribution is -0.250. The quantitative estimate of drug-likeness (QED) is 0.759. The molecule has 2 fully saturated rings. The Morgan fingerprint density at radius 2 is 2.12 bits per heavy atom. The van der Waals surface area contributed by atoms with Gasteiger partial charge in [-0.3, -0.25) is 9.63 Å². The van der Waals surface area contributed by atoms with Crippen molar-refractivity contribution in [3.63, 3.8) is 0 Å². The van der Waals surface area contributed by atoms with Crippen LogP contribution in [0.3, 0.4) is 0 Å². The summed E-state index contributed by atoms with van der Waals surface area (Å²) in [5.74, 6) is -0.949. The van der Waals surface area contributed by atoms with E-state index >= 15 is 0 Å². The molecule has 0 aromatic rings. The molecule has 0 saturated carbocycles. The highest BCUT2D eigenvalue weighted by Gasteiger charge is 2.62. The molecule has 0 aromatic carbocycles. The van der Waals surface area contributed by atoms with Gasteiger partial charge in [0.05, 0.1) is 6.61 Å². The number of hydrogen-bond donors (Lipinski definition) is 1. The molecule has 4 nitrogen and oxygen atoms in total. The number of hydrogen-bond acceptors (Lipinski definition) is 3. The summed E-state index contributed by atoms with van der Waals surface area (Å²) in [7, 11) is 0. The zero-order chi connectivity index (χ0) is 12.5. The third-order valence-corrected chi connectivity index (χ3v) is 3.34. The predicted molar refractivity (Wildman–Crippen MR) is 52.9 cm³/mol. The third-order valence-electron chi connectivity index (χ3n) is 3.34. The van der Waals surface area contributed by atoms with E-state index in [0.29, 0.717) is 13.0 Å². The Bertz CT molecular complexity index is 294. The second kappa shape index (κ2) is 4.45. The molecule has 17 heavy (non-hydrogen) atoms. The Labute approximate surface area is 97.0 Å². The molecule has 98 valence electrons. The van der Waals surface area contributed by atoms with E-state index < -0.39 is 17.5 Å². The number of nitrogens with one attached hydrogen (secondary N) is 1. The van der Waals surface area contributed by atoms with Crippen LogP contribution in [0.2, 0.25) is 0 Å². The molecular formula is C10H15F3N2O2. The highest BCUT2D eigenvalue weighted by atomic mass is 19.4. The topological polar surface area (TPSA) is 41.6 Å². The van der Waals surface area contributed by atoms with Crippen molar-refractivity contribution in [2.24, 2.45) is 5.41 Å². The summed E-state index contributed by atoms with van der Waals surface area (Å²) < 4.78 is 39.2. The van der Waals surface area contributed by atoms with Crippen LogP contribution in [0.25, 0.3) is 0 Å². The van der Waals surface area contributed by atoms with E-state index in [9.17, 15) is 18.0 Å². The molecule has 0 radical (unpaired) electrons. The van der Waals surface area contributed by atoms with Crippen LogP contribution in [0.15, 0.2) is 0 Å². The minimum Gasteiger partial charge on any atom is -0.315 e. The second-order valence-corrected chi connectivity index (χ2v) is 4.45. The van der Waals surface area contributed by atoms with E-state index in [1.165, 1.54) is 0 Å². The molecule has 0 aliphatic carbocycles. The van der Waals surface area contributed by atoms with E-state index in [0.717, 1.165) is 11.5 Å². The largest absolute Gasteiger partial charge is 0.404 e. The first kappa shape index (κ1) is 12.6. The summed E-state index contributed by atoms with van der Waals surface area (Å²) in [6.07, 6.45) is -3.28. The molecule has 2 rings (SSSR count). The van der Waals surface area contributed by atoms with Gasteiger partial charge in [0.25, 0.3) is 5.91 Å². The van der Waals surface area contributed by atoms with Crippen molar-refractivity contribution in [2.75, 3.05) is 26.2 Å². The lowest BCUT2D eigenvalue weighted by atomic mass is 9.85. The Kier molecular flexibility index (Phi) is 3.31. The Morgan fingerprint density at radius 3 is 2.59 bits per heavy atom. The first-order valence-electron chi connectivity index (χ1n) is 5.70. The molecular weight excluding hydrogens is 237 g/mol. The fourth-order valence-electron chi connectivity index (χ4n) is 2.23. The molecule has 1 atom stereocenters.